The molecule has 19 heavy (non-hydrogen) atoms. The van der Waals surface area contributed by atoms with Crippen LogP contribution in [0.5, 0.6) is 0 Å². The molecule has 1 N–H and O–H groups in total. The highest BCUT2D eigenvalue weighted by atomic mass is 32.2. The summed E-state index contributed by atoms with van der Waals surface area (Å²) in [7, 11) is -3.71. The van der Waals surface area contributed by atoms with Crippen molar-refractivity contribution in [2.24, 2.45) is 0 Å². The maximum atomic E-state index is 12.5. The van der Waals surface area contributed by atoms with E-state index in [1.165, 1.54) is 6.07 Å². The molecule has 0 unspecified atom stereocenters. The number of carboxylic acid groups (broad SMARTS) is 1. The summed E-state index contributed by atoms with van der Waals surface area (Å²) in [5.41, 5.74) is 0.923. The standard InChI is InChI=1S/C13H17NO4S/c1-2-10-5-3-6-11(9-10)19(17,18)14-8-4-7-12(14)13(15)16/h3,5-6,9,12H,2,4,7-8H2,1H3,(H,15,16)/t12-/m1/s1. The first-order chi connectivity index (χ1) is 8.96. The van der Waals surface area contributed by atoms with E-state index in [-0.39, 0.29) is 11.4 Å². The third kappa shape index (κ3) is 2.64. The highest BCUT2D eigenvalue weighted by Gasteiger charge is 2.39. The van der Waals surface area contributed by atoms with Crippen molar-refractivity contribution in [2.45, 2.75) is 37.1 Å². The van der Waals surface area contributed by atoms with Crippen LogP contribution in [-0.2, 0) is 21.2 Å². The van der Waals surface area contributed by atoms with Crippen molar-refractivity contribution in [2.75, 3.05) is 6.54 Å². The molecule has 0 aliphatic carbocycles. The van der Waals surface area contributed by atoms with Crippen LogP contribution in [0, 0.1) is 0 Å². The maximum absolute atomic E-state index is 12.5. The van der Waals surface area contributed by atoms with Gasteiger partial charge < -0.3 is 5.11 Å². The Morgan fingerprint density at radius 1 is 1.47 bits per heavy atom. The summed E-state index contributed by atoms with van der Waals surface area (Å²) in [4.78, 5) is 11.3. The van der Waals surface area contributed by atoms with Gasteiger partial charge in [-0.15, -0.1) is 0 Å². The Labute approximate surface area is 112 Å². The van der Waals surface area contributed by atoms with E-state index in [2.05, 4.69) is 0 Å². The summed E-state index contributed by atoms with van der Waals surface area (Å²) in [6.45, 7) is 2.22. The van der Waals surface area contributed by atoms with E-state index in [0.717, 1.165) is 16.3 Å². The molecule has 1 heterocycles. The quantitative estimate of drug-likeness (QED) is 0.908. The van der Waals surface area contributed by atoms with Gasteiger partial charge in [0.05, 0.1) is 4.90 Å². The molecule has 1 aromatic carbocycles. The van der Waals surface area contributed by atoms with Crippen LogP contribution in [0.4, 0.5) is 0 Å². The molecule has 1 aliphatic rings. The Morgan fingerprint density at radius 3 is 2.84 bits per heavy atom. The highest BCUT2D eigenvalue weighted by molar-refractivity contribution is 7.89. The molecule has 5 nitrogen and oxygen atoms in total. The van der Waals surface area contributed by atoms with Gasteiger partial charge in [0.2, 0.25) is 10.0 Å². The summed E-state index contributed by atoms with van der Waals surface area (Å²) in [6, 6.07) is 5.75. The minimum Gasteiger partial charge on any atom is -0.480 e. The van der Waals surface area contributed by atoms with E-state index in [1.807, 2.05) is 13.0 Å². The van der Waals surface area contributed by atoms with Crippen LogP contribution in [0.25, 0.3) is 0 Å². The Morgan fingerprint density at radius 2 is 2.21 bits per heavy atom. The van der Waals surface area contributed by atoms with Gasteiger partial charge in [0.1, 0.15) is 6.04 Å². The molecule has 2 rings (SSSR count). The molecule has 1 aliphatic heterocycles. The summed E-state index contributed by atoms with van der Waals surface area (Å²) in [6.07, 6.45) is 1.71. The third-order valence-corrected chi connectivity index (χ3v) is 5.31. The van der Waals surface area contributed by atoms with Crippen molar-refractivity contribution in [1.29, 1.82) is 0 Å². The van der Waals surface area contributed by atoms with Crippen molar-refractivity contribution in [3.8, 4) is 0 Å². The minimum atomic E-state index is -3.71. The van der Waals surface area contributed by atoms with Crippen molar-refractivity contribution >= 4 is 16.0 Å². The van der Waals surface area contributed by atoms with Gasteiger partial charge in [0.15, 0.2) is 0 Å². The minimum absolute atomic E-state index is 0.181. The second-order valence-corrected chi connectivity index (χ2v) is 6.50. The molecule has 0 aromatic heterocycles. The summed E-state index contributed by atoms with van der Waals surface area (Å²) < 4.78 is 26.1. The second-order valence-electron chi connectivity index (χ2n) is 4.61. The van der Waals surface area contributed by atoms with E-state index in [0.29, 0.717) is 12.8 Å². The van der Waals surface area contributed by atoms with E-state index >= 15 is 0 Å². The third-order valence-electron chi connectivity index (χ3n) is 3.40. The van der Waals surface area contributed by atoms with E-state index < -0.39 is 22.0 Å². The average Bonchev–Trinajstić information content (AvgIpc) is 2.89. The molecule has 0 saturated carbocycles. The molecule has 104 valence electrons. The Balaban J connectivity index is 2.38. The molecule has 0 radical (unpaired) electrons. The van der Waals surface area contributed by atoms with Gasteiger partial charge in [-0.05, 0) is 37.0 Å². The molecular weight excluding hydrogens is 266 g/mol. The van der Waals surface area contributed by atoms with Gasteiger partial charge in [-0.3, -0.25) is 4.79 Å². The van der Waals surface area contributed by atoms with Gasteiger partial charge in [0.25, 0.3) is 0 Å². The van der Waals surface area contributed by atoms with Crippen LogP contribution in [-0.4, -0.2) is 36.4 Å². The zero-order valence-electron chi connectivity index (χ0n) is 10.7. The summed E-state index contributed by atoms with van der Waals surface area (Å²) >= 11 is 0. The molecule has 0 amide bonds. The normalized spacial score (nSPS) is 20.6. The van der Waals surface area contributed by atoms with Crippen LogP contribution in [0.3, 0.4) is 0 Å². The maximum Gasteiger partial charge on any atom is 0.322 e. The molecule has 1 saturated heterocycles. The molecule has 1 fully saturated rings. The lowest BCUT2D eigenvalue weighted by Crippen LogP contribution is -2.40. The van der Waals surface area contributed by atoms with E-state index in [1.54, 1.807) is 12.1 Å². The predicted molar refractivity (Wildman–Crippen MR) is 70.4 cm³/mol. The van der Waals surface area contributed by atoms with Crippen LogP contribution in [0.15, 0.2) is 29.2 Å². The van der Waals surface area contributed by atoms with Crippen molar-refractivity contribution in [1.82, 2.24) is 4.31 Å². The largest absolute Gasteiger partial charge is 0.480 e. The fraction of sp³-hybridized carbons (Fsp3) is 0.462. The number of sulfonamides is 1. The monoisotopic (exact) mass is 283 g/mol. The number of rotatable bonds is 4. The van der Waals surface area contributed by atoms with Crippen LogP contribution < -0.4 is 0 Å². The number of nitrogens with zero attached hydrogens (tertiary/aromatic N) is 1. The smallest absolute Gasteiger partial charge is 0.322 e. The lowest BCUT2D eigenvalue weighted by Gasteiger charge is -2.21. The van der Waals surface area contributed by atoms with Crippen LogP contribution >= 0.6 is 0 Å². The molecule has 0 bridgehead atoms. The lowest BCUT2D eigenvalue weighted by atomic mass is 10.2. The number of hydrogen-bond donors (Lipinski definition) is 1. The van der Waals surface area contributed by atoms with Crippen molar-refractivity contribution in [3.63, 3.8) is 0 Å². The number of carboxylic acids is 1. The highest BCUT2D eigenvalue weighted by Crippen LogP contribution is 2.26. The lowest BCUT2D eigenvalue weighted by molar-refractivity contribution is -0.140. The fourth-order valence-electron chi connectivity index (χ4n) is 2.34. The Bertz CT molecular complexity index is 582. The molecule has 0 spiro atoms. The molecule has 1 atom stereocenters. The van der Waals surface area contributed by atoms with Gasteiger partial charge in [-0.1, -0.05) is 19.1 Å². The zero-order chi connectivity index (χ0) is 14.0. The van der Waals surface area contributed by atoms with Gasteiger partial charge in [-0.2, -0.15) is 4.31 Å². The number of hydrogen-bond acceptors (Lipinski definition) is 3. The number of aryl methyl sites for hydroxylation is 1. The number of aliphatic carboxylic acids is 1. The van der Waals surface area contributed by atoms with Gasteiger partial charge in [0, 0.05) is 6.54 Å². The second kappa shape index (κ2) is 5.30. The number of benzene rings is 1. The zero-order valence-corrected chi connectivity index (χ0v) is 11.6. The summed E-state index contributed by atoms with van der Waals surface area (Å²) in [5, 5.41) is 9.09. The fourth-order valence-corrected chi connectivity index (χ4v) is 4.06. The van der Waals surface area contributed by atoms with Crippen molar-refractivity contribution < 1.29 is 18.3 Å². The van der Waals surface area contributed by atoms with Crippen LogP contribution in [0.2, 0.25) is 0 Å². The van der Waals surface area contributed by atoms with E-state index in [4.69, 9.17) is 5.11 Å². The van der Waals surface area contributed by atoms with Gasteiger partial charge >= 0.3 is 5.97 Å². The molecular formula is C13H17NO4S. The molecule has 6 heteroatoms. The first-order valence-electron chi connectivity index (χ1n) is 6.30. The van der Waals surface area contributed by atoms with Crippen molar-refractivity contribution in [3.05, 3.63) is 29.8 Å². The SMILES string of the molecule is CCc1cccc(S(=O)(=O)N2CCC[C@@H]2C(=O)O)c1. The summed E-state index contributed by atoms with van der Waals surface area (Å²) in [5.74, 6) is -1.08. The average molecular weight is 283 g/mol. The van der Waals surface area contributed by atoms with Gasteiger partial charge in [-0.25, -0.2) is 8.42 Å². The molecule has 1 aromatic rings. The van der Waals surface area contributed by atoms with Crippen LogP contribution in [0.1, 0.15) is 25.3 Å². The predicted octanol–water partition coefficient (Wildman–Crippen LogP) is 1.49. The number of carbonyl (C=O) groups is 1. The first kappa shape index (κ1) is 14.0. The van der Waals surface area contributed by atoms with E-state index in [9.17, 15) is 13.2 Å². The Kier molecular flexibility index (Phi) is 3.91. The Hall–Kier alpha value is -1.40. The first-order valence-corrected chi connectivity index (χ1v) is 7.74. The topological polar surface area (TPSA) is 74.7 Å².